The fraction of sp³-hybridized carbons (Fsp3) is 0.208. The molecule has 0 bridgehead atoms. The zero-order valence-corrected chi connectivity index (χ0v) is 18.8. The third-order valence-corrected chi connectivity index (χ3v) is 5.50. The van der Waals surface area contributed by atoms with Gasteiger partial charge in [0.25, 0.3) is 5.91 Å². The second-order valence-corrected chi connectivity index (χ2v) is 7.99. The quantitative estimate of drug-likeness (QED) is 0.427. The summed E-state index contributed by atoms with van der Waals surface area (Å²) in [7, 11) is 5.17. The number of amides is 1. The summed E-state index contributed by atoms with van der Waals surface area (Å²) in [6.45, 7) is 1.31. The van der Waals surface area contributed by atoms with Gasteiger partial charge in [-0.3, -0.25) is 4.79 Å². The Kier molecular flexibility index (Phi) is 7.81. The Balaban J connectivity index is 1.82. The van der Waals surface area contributed by atoms with Gasteiger partial charge in [0.1, 0.15) is 5.75 Å². The van der Waals surface area contributed by atoms with Crippen molar-refractivity contribution in [3.63, 3.8) is 0 Å². The maximum Gasteiger partial charge on any atom is 0.253 e. The Morgan fingerprint density at radius 2 is 1.74 bits per heavy atom. The molecule has 3 aromatic carbocycles. The van der Waals surface area contributed by atoms with Crippen LogP contribution in [0.4, 0.5) is 11.4 Å². The number of anilines is 2. The predicted octanol–water partition coefficient (Wildman–Crippen LogP) is 4.55. The Hall–Kier alpha value is -3.16. The van der Waals surface area contributed by atoms with Crippen molar-refractivity contribution in [2.24, 2.45) is 5.73 Å². The molecule has 0 aliphatic carbocycles. The molecule has 4 N–H and O–H groups in total. The van der Waals surface area contributed by atoms with E-state index in [1.165, 1.54) is 11.9 Å². The summed E-state index contributed by atoms with van der Waals surface area (Å²) in [5.41, 5.74) is 10.2. The number of nitrogens with one attached hydrogen (secondary N) is 2. The molecule has 31 heavy (non-hydrogen) atoms. The summed E-state index contributed by atoms with van der Waals surface area (Å²) in [6, 6.07) is 21.7. The van der Waals surface area contributed by atoms with Crippen molar-refractivity contribution < 1.29 is 9.53 Å². The Labute approximate surface area is 187 Å². The van der Waals surface area contributed by atoms with E-state index in [9.17, 15) is 4.79 Å². The summed E-state index contributed by atoms with van der Waals surface area (Å²) < 4.78 is 8.93. The van der Waals surface area contributed by atoms with Crippen LogP contribution in [0, 0.1) is 0 Å². The molecule has 0 aliphatic heterocycles. The van der Waals surface area contributed by atoms with E-state index in [0.29, 0.717) is 12.1 Å². The van der Waals surface area contributed by atoms with E-state index >= 15 is 0 Å². The number of nitrogens with zero attached hydrogens (tertiary/aromatic N) is 1. The maximum atomic E-state index is 12.3. The summed E-state index contributed by atoms with van der Waals surface area (Å²) in [6.07, 6.45) is 0. The summed E-state index contributed by atoms with van der Waals surface area (Å²) >= 11 is 1.48. The van der Waals surface area contributed by atoms with E-state index < -0.39 is 0 Å². The van der Waals surface area contributed by atoms with Gasteiger partial charge in [0, 0.05) is 44.1 Å². The third-order valence-electron chi connectivity index (χ3n) is 4.63. The lowest BCUT2D eigenvalue weighted by Crippen LogP contribution is -2.21. The van der Waals surface area contributed by atoms with Gasteiger partial charge >= 0.3 is 0 Å². The number of rotatable bonds is 9. The summed E-state index contributed by atoms with van der Waals surface area (Å²) in [4.78, 5) is 14.9. The van der Waals surface area contributed by atoms with Crippen LogP contribution in [0.25, 0.3) is 11.1 Å². The average molecular weight is 437 g/mol. The van der Waals surface area contributed by atoms with E-state index in [0.717, 1.165) is 39.7 Å². The molecule has 0 unspecified atom stereocenters. The molecule has 0 atom stereocenters. The number of hydrogen-bond donors (Lipinski definition) is 3. The van der Waals surface area contributed by atoms with E-state index in [-0.39, 0.29) is 5.91 Å². The van der Waals surface area contributed by atoms with Crippen LogP contribution in [0.5, 0.6) is 5.75 Å². The van der Waals surface area contributed by atoms with Crippen molar-refractivity contribution in [1.82, 2.24) is 4.90 Å². The van der Waals surface area contributed by atoms with Crippen LogP contribution >= 0.6 is 11.9 Å². The number of hydrogen-bond acceptors (Lipinski definition) is 6. The van der Waals surface area contributed by atoms with Crippen molar-refractivity contribution in [1.29, 1.82) is 0 Å². The van der Waals surface area contributed by atoms with Gasteiger partial charge in [-0.25, -0.2) is 0 Å². The summed E-state index contributed by atoms with van der Waals surface area (Å²) in [5, 5.41) is 3.28. The van der Waals surface area contributed by atoms with E-state index in [2.05, 4.69) is 16.1 Å². The van der Waals surface area contributed by atoms with Crippen molar-refractivity contribution in [3.05, 3.63) is 72.3 Å². The standard InChI is InChI=1S/C24H28N4O2S/c1-28(2)24(29)19-7-4-6-17(14-19)18-10-11-22(30-3)23(15-18)31-27-21-9-5-8-20(16-21)26-13-12-25/h4-11,14-16,26-27H,12-13,25H2,1-3H3. The minimum Gasteiger partial charge on any atom is -0.496 e. The zero-order chi connectivity index (χ0) is 22.2. The molecule has 1 amide bonds. The normalized spacial score (nSPS) is 10.5. The van der Waals surface area contributed by atoms with Crippen molar-refractivity contribution in [3.8, 4) is 16.9 Å². The molecule has 0 saturated carbocycles. The van der Waals surface area contributed by atoms with Crippen LogP contribution in [0.15, 0.2) is 71.6 Å². The number of carbonyl (C=O) groups excluding carboxylic acids is 1. The number of carbonyl (C=O) groups is 1. The van der Waals surface area contributed by atoms with Gasteiger partial charge in [-0.2, -0.15) is 0 Å². The van der Waals surface area contributed by atoms with Crippen molar-refractivity contribution >= 4 is 29.2 Å². The minimum atomic E-state index is -0.0187. The topological polar surface area (TPSA) is 79.6 Å². The SMILES string of the molecule is COc1ccc(-c2cccc(C(=O)N(C)C)c2)cc1SNc1cccc(NCCN)c1. The fourth-order valence-corrected chi connectivity index (χ4v) is 3.84. The highest BCUT2D eigenvalue weighted by molar-refractivity contribution is 8.00. The molecular weight excluding hydrogens is 408 g/mol. The fourth-order valence-electron chi connectivity index (χ4n) is 3.05. The molecule has 7 heteroatoms. The molecule has 0 radical (unpaired) electrons. The average Bonchev–Trinajstić information content (AvgIpc) is 2.81. The summed E-state index contributed by atoms with van der Waals surface area (Å²) in [5.74, 6) is 0.758. The van der Waals surface area contributed by atoms with Gasteiger partial charge in [0.05, 0.1) is 12.0 Å². The van der Waals surface area contributed by atoms with Crippen LogP contribution in [-0.2, 0) is 0 Å². The van der Waals surface area contributed by atoms with E-state index in [1.807, 2.05) is 60.7 Å². The first kappa shape index (κ1) is 22.5. The Morgan fingerprint density at radius 3 is 2.48 bits per heavy atom. The molecule has 162 valence electrons. The van der Waals surface area contributed by atoms with Crippen LogP contribution in [0.2, 0.25) is 0 Å². The number of nitrogens with two attached hydrogens (primary N) is 1. The van der Waals surface area contributed by atoms with Crippen LogP contribution in [-0.4, -0.2) is 45.1 Å². The Bertz CT molecular complexity index is 1040. The first-order chi connectivity index (χ1) is 15.0. The lowest BCUT2D eigenvalue weighted by Gasteiger charge is -2.14. The molecule has 0 aromatic heterocycles. The van der Waals surface area contributed by atoms with Gasteiger partial charge in [-0.1, -0.05) is 24.3 Å². The van der Waals surface area contributed by atoms with Crippen LogP contribution in [0.1, 0.15) is 10.4 Å². The lowest BCUT2D eigenvalue weighted by molar-refractivity contribution is 0.0827. The monoisotopic (exact) mass is 436 g/mol. The minimum absolute atomic E-state index is 0.0187. The molecule has 0 spiro atoms. The highest BCUT2D eigenvalue weighted by atomic mass is 32.2. The van der Waals surface area contributed by atoms with Gasteiger partial charge in [-0.15, -0.1) is 0 Å². The smallest absolute Gasteiger partial charge is 0.253 e. The molecule has 3 aromatic rings. The van der Waals surface area contributed by atoms with Gasteiger partial charge in [0.2, 0.25) is 0 Å². The highest BCUT2D eigenvalue weighted by Crippen LogP contribution is 2.35. The number of ether oxygens (including phenoxy) is 1. The highest BCUT2D eigenvalue weighted by Gasteiger charge is 2.11. The van der Waals surface area contributed by atoms with Gasteiger partial charge in [-0.05, 0) is 65.5 Å². The molecule has 0 fully saturated rings. The number of benzene rings is 3. The number of methoxy groups -OCH3 is 1. The zero-order valence-electron chi connectivity index (χ0n) is 18.0. The van der Waals surface area contributed by atoms with Crippen molar-refractivity contribution in [2.45, 2.75) is 4.90 Å². The molecule has 6 nitrogen and oxygen atoms in total. The van der Waals surface area contributed by atoms with E-state index in [4.69, 9.17) is 10.5 Å². The second kappa shape index (κ2) is 10.7. The van der Waals surface area contributed by atoms with E-state index in [1.54, 1.807) is 26.1 Å². The van der Waals surface area contributed by atoms with Crippen LogP contribution in [0.3, 0.4) is 0 Å². The predicted molar refractivity (Wildman–Crippen MR) is 130 cm³/mol. The molecule has 0 aliphatic rings. The first-order valence-corrected chi connectivity index (χ1v) is 10.8. The molecule has 3 rings (SSSR count). The van der Waals surface area contributed by atoms with Gasteiger partial charge in [0.15, 0.2) is 0 Å². The first-order valence-electron chi connectivity index (χ1n) is 9.99. The third kappa shape index (κ3) is 5.93. The van der Waals surface area contributed by atoms with Gasteiger partial charge < -0.3 is 25.4 Å². The largest absolute Gasteiger partial charge is 0.496 e. The molecule has 0 heterocycles. The Morgan fingerprint density at radius 1 is 1.00 bits per heavy atom. The molecular formula is C24H28N4O2S. The molecule has 0 saturated heterocycles. The van der Waals surface area contributed by atoms with Crippen LogP contribution < -0.4 is 20.5 Å². The van der Waals surface area contributed by atoms with Crippen molar-refractivity contribution in [2.75, 3.05) is 44.3 Å². The second-order valence-electron chi connectivity index (χ2n) is 7.15. The lowest BCUT2D eigenvalue weighted by atomic mass is 10.0. The maximum absolute atomic E-state index is 12.3.